The van der Waals surface area contributed by atoms with Gasteiger partial charge in [-0.25, -0.2) is 14.4 Å². The molecule has 2 aromatic rings. The van der Waals surface area contributed by atoms with Crippen LogP contribution in [0.2, 0.25) is 0 Å². The highest BCUT2D eigenvalue weighted by molar-refractivity contribution is 5.41. The third-order valence-electron chi connectivity index (χ3n) is 4.01. The summed E-state index contributed by atoms with van der Waals surface area (Å²) in [5.74, 6) is 0.169. The van der Waals surface area contributed by atoms with Crippen molar-refractivity contribution in [1.29, 1.82) is 0 Å². The minimum absolute atomic E-state index is 0.271. The standard InChI is InChI=1S/C16H20FN5/c1-2-14-15(17)16(20-12-19-14)22-9-7-21(8-10-22)11-13-3-5-18-6-4-13/h3-6,12H,2,7-11H2,1H3. The van der Waals surface area contributed by atoms with Gasteiger partial charge >= 0.3 is 0 Å². The van der Waals surface area contributed by atoms with Crippen molar-refractivity contribution >= 4 is 5.82 Å². The molecule has 0 atom stereocenters. The summed E-state index contributed by atoms with van der Waals surface area (Å²) in [5, 5.41) is 0. The Bertz CT molecular complexity index is 611. The molecule has 116 valence electrons. The molecule has 0 radical (unpaired) electrons. The summed E-state index contributed by atoms with van der Waals surface area (Å²) in [7, 11) is 0. The largest absolute Gasteiger partial charge is 0.352 e. The summed E-state index contributed by atoms with van der Waals surface area (Å²) in [6, 6.07) is 4.06. The number of aromatic nitrogens is 3. The molecule has 0 spiro atoms. The minimum Gasteiger partial charge on any atom is -0.352 e. The first kappa shape index (κ1) is 14.8. The summed E-state index contributed by atoms with van der Waals surface area (Å²) < 4.78 is 14.3. The predicted octanol–water partition coefficient (Wildman–Crippen LogP) is 1.90. The van der Waals surface area contributed by atoms with Crippen molar-refractivity contribution in [3.8, 4) is 0 Å². The van der Waals surface area contributed by atoms with Crippen molar-refractivity contribution in [2.75, 3.05) is 31.1 Å². The van der Waals surface area contributed by atoms with E-state index in [0.29, 0.717) is 17.9 Å². The van der Waals surface area contributed by atoms with Gasteiger partial charge in [0.1, 0.15) is 6.33 Å². The van der Waals surface area contributed by atoms with Crippen LogP contribution in [0.4, 0.5) is 10.2 Å². The smallest absolute Gasteiger partial charge is 0.187 e. The number of anilines is 1. The van der Waals surface area contributed by atoms with Gasteiger partial charge in [0.05, 0.1) is 5.69 Å². The zero-order valence-corrected chi connectivity index (χ0v) is 12.7. The molecule has 6 heteroatoms. The maximum Gasteiger partial charge on any atom is 0.187 e. The van der Waals surface area contributed by atoms with Crippen LogP contribution in [0.1, 0.15) is 18.2 Å². The van der Waals surface area contributed by atoms with Gasteiger partial charge in [0.15, 0.2) is 11.6 Å². The normalized spacial score (nSPS) is 16.0. The lowest BCUT2D eigenvalue weighted by Gasteiger charge is -2.35. The fraction of sp³-hybridized carbons (Fsp3) is 0.438. The number of halogens is 1. The Morgan fingerprint density at radius 2 is 1.82 bits per heavy atom. The maximum atomic E-state index is 14.3. The van der Waals surface area contributed by atoms with Gasteiger partial charge in [-0.05, 0) is 24.1 Å². The molecular formula is C16H20FN5. The number of piperazine rings is 1. The van der Waals surface area contributed by atoms with Crippen molar-refractivity contribution in [1.82, 2.24) is 19.9 Å². The first-order chi connectivity index (χ1) is 10.8. The Morgan fingerprint density at radius 1 is 1.09 bits per heavy atom. The van der Waals surface area contributed by atoms with Crippen molar-refractivity contribution in [2.45, 2.75) is 19.9 Å². The van der Waals surface area contributed by atoms with Gasteiger partial charge in [0, 0.05) is 45.1 Å². The third kappa shape index (κ3) is 3.22. The van der Waals surface area contributed by atoms with Crippen LogP contribution >= 0.6 is 0 Å². The summed E-state index contributed by atoms with van der Waals surface area (Å²) in [6.07, 6.45) is 5.67. The van der Waals surface area contributed by atoms with Crippen LogP contribution in [0, 0.1) is 5.82 Å². The molecular weight excluding hydrogens is 281 g/mol. The van der Waals surface area contributed by atoms with E-state index in [9.17, 15) is 4.39 Å². The van der Waals surface area contributed by atoms with Crippen LogP contribution in [-0.2, 0) is 13.0 Å². The number of hydrogen-bond acceptors (Lipinski definition) is 5. The van der Waals surface area contributed by atoms with E-state index in [1.165, 1.54) is 11.9 Å². The molecule has 1 saturated heterocycles. The first-order valence-corrected chi connectivity index (χ1v) is 7.63. The summed E-state index contributed by atoms with van der Waals surface area (Å²) in [4.78, 5) is 16.5. The molecule has 1 aliphatic heterocycles. The lowest BCUT2D eigenvalue weighted by molar-refractivity contribution is 0.248. The Hall–Kier alpha value is -2.08. The topological polar surface area (TPSA) is 45.2 Å². The van der Waals surface area contributed by atoms with Crippen molar-refractivity contribution < 1.29 is 4.39 Å². The average Bonchev–Trinajstić information content (AvgIpc) is 2.57. The van der Waals surface area contributed by atoms with Crippen LogP contribution in [0.3, 0.4) is 0 Å². The van der Waals surface area contributed by atoms with E-state index in [1.807, 2.05) is 36.4 Å². The molecule has 0 bridgehead atoms. The molecule has 0 N–H and O–H groups in total. The van der Waals surface area contributed by atoms with Crippen molar-refractivity contribution in [2.24, 2.45) is 0 Å². The second-order valence-electron chi connectivity index (χ2n) is 5.43. The summed E-state index contributed by atoms with van der Waals surface area (Å²) >= 11 is 0. The van der Waals surface area contributed by atoms with Gasteiger partial charge in [0.2, 0.25) is 0 Å². The monoisotopic (exact) mass is 301 g/mol. The lowest BCUT2D eigenvalue weighted by Crippen LogP contribution is -2.46. The quantitative estimate of drug-likeness (QED) is 0.863. The Kier molecular flexibility index (Phi) is 4.58. The van der Waals surface area contributed by atoms with E-state index < -0.39 is 0 Å². The van der Waals surface area contributed by atoms with Crippen LogP contribution in [0.5, 0.6) is 0 Å². The fourth-order valence-corrected chi connectivity index (χ4v) is 2.73. The molecule has 1 aliphatic rings. The van der Waals surface area contributed by atoms with Crippen LogP contribution in [0.15, 0.2) is 30.9 Å². The molecule has 22 heavy (non-hydrogen) atoms. The molecule has 3 rings (SSSR count). The summed E-state index contributed by atoms with van der Waals surface area (Å²) in [6.45, 7) is 6.16. The molecule has 0 amide bonds. The van der Waals surface area contributed by atoms with Gasteiger partial charge in [0.25, 0.3) is 0 Å². The minimum atomic E-state index is -0.271. The van der Waals surface area contributed by atoms with E-state index in [1.54, 1.807) is 0 Å². The Labute approximate surface area is 129 Å². The molecule has 0 aliphatic carbocycles. The molecule has 3 heterocycles. The van der Waals surface area contributed by atoms with Crippen LogP contribution in [0.25, 0.3) is 0 Å². The number of rotatable bonds is 4. The van der Waals surface area contributed by atoms with E-state index in [-0.39, 0.29) is 5.82 Å². The number of aryl methyl sites for hydroxylation is 1. The highest BCUT2D eigenvalue weighted by atomic mass is 19.1. The third-order valence-corrected chi connectivity index (χ3v) is 4.01. The molecule has 0 saturated carbocycles. The summed E-state index contributed by atoms with van der Waals surface area (Å²) in [5.41, 5.74) is 1.74. The lowest BCUT2D eigenvalue weighted by atomic mass is 10.2. The zero-order chi connectivity index (χ0) is 15.4. The molecule has 0 aromatic carbocycles. The Morgan fingerprint density at radius 3 is 2.50 bits per heavy atom. The van der Waals surface area contributed by atoms with Gasteiger partial charge in [-0.15, -0.1) is 0 Å². The Balaban J connectivity index is 1.62. The van der Waals surface area contributed by atoms with Crippen molar-refractivity contribution in [3.05, 3.63) is 47.9 Å². The van der Waals surface area contributed by atoms with E-state index >= 15 is 0 Å². The molecule has 0 unspecified atom stereocenters. The molecule has 1 fully saturated rings. The van der Waals surface area contributed by atoms with Gasteiger partial charge in [-0.3, -0.25) is 9.88 Å². The average molecular weight is 301 g/mol. The van der Waals surface area contributed by atoms with E-state index in [4.69, 9.17) is 0 Å². The van der Waals surface area contributed by atoms with Gasteiger partial charge in [-0.2, -0.15) is 0 Å². The zero-order valence-electron chi connectivity index (χ0n) is 12.7. The molecule has 2 aromatic heterocycles. The maximum absolute atomic E-state index is 14.3. The van der Waals surface area contributed by atoms with Crippen LogP contribution in [-0.4, -0.2) is 46.0 Å². The second-order valence-corrected chi connectivity index (χ2v) is 5.43. The second kappa shape index (κ2) is 6.79. The predicted molar refractivity (Wildman–Crippen MR) is 83.1 cm³/mol. The van der Waals surface area contributed by atoms with Gasteiger partial charge < -0.3 is 4.90 Å². The highest BCUT2D eigenvalue weighted by Crippen LogP contribution is 2.20. The number of hydrogen-bond donors (Lipinski definition) is 0. The van der Waals surface area contributed by atoms with Gasteiger partial charge in [-0.1, -0.05) is 6.92 Å². The van der Waals surface area contributed by atoms with E-state index in [2.05, 4.69) is 19.9 Å². The SMILES string of the molecule is CCc1ncnc(N2CCN(Cc3ccncc3)CC2)c1F. The van der Waals surface area contributed by atoms with Crippen LogP contribution < -0.4 is 4.90 Å². The van der Waals surface area contributed by atoms with E-state index in [0.717, 1.165) is 32.7 Å². The fourth-order valence-electron chi connectivity index (χ4n) is 2.73. The number of nitrogens with zero attached hydrogens (tertiary/aromatic N) is 5. The highest BCUT2D eigenvalue weighted by Gasteiger charge is 2.22. The number of pyridine rings is 1. The first-order valence-electron chi connectivity index (χ1n) is 7.63. The van der Waals surface area contributed by atoms with Crippen molar-refractivity contribution in [3.63, 3.8) is 0 Å². The molecule has 5 nitrogen and oxygen atoms in total.